The van der Waals surface area contributed by atoms with E-state index in [4.69, 9.17) is 4.74 Å². The van der Waals surface area contributed by atoms with Crippen LogP contribution in [0.4, 0.5) is 5.69 Å². The van der Waals surface area contributed by atoms with Gasteiger partial charge >= 0.3 is 0 Å². The predicted octanol–water partition coefficient (Wildman–Crippen LogP) is 4.35. The number of ether oxygens (including phenoxy) is 1. The summed E-state index contributed by atoms with van der Waals surface area (Å²) in [6.45, 7) is 4.62. The van der Waals surface area contributed by atoms with Crippen molar-refractivity contribution in [3.05, 3.63) is 51.1 Å². The van der Waals surface area contributed by atoms with Crippen LogP contribution in [0.5, 0.6) is 5.75 Å². The summed E-state index contributed by atoms with van der Waals surface area (Å²) in [5.41, 5.74) is 1.96. The van der Waals surface area contributed by atoms with Crippen LogP contribution < -0.4 is 10.1 Å². The molecule has 0 atom stereocenters. The van der Waals surface area contributed by atoms with Crippen LogP contribution in [-0.4, -0.2) is 17.7 Å². The van der Waals surface area contributed by atoms with Crippen molar-refractivity contribution in [1.82, 2.24) is 5.32 Å². The van der Waals surface area contributed by atoms with Crippen molar-refractivity contribution in [2.75, 3.05) is 6.61 Å². The molecule has 1 aliphatic heterocycles. The summed E-state index contributed by atoms with van der Waals surface area (Å²) in [5.74, 6) is 0.709. The number of hydrogen-bond acceptors (Lipinski definition) is 5. The van der Waals surface area contributed by atoms with Crippen LogP contribution in [0.3, 0.4) is 0 Å². The Morgan fingerprint density at radius 3 is 2.70 bits per heavy atom. The number of nitrogens with zero attached hydrogens (tertiary/aromatic N) is 1. The van der Waals surface area contributed by atoms with E-state index in [2.05, 4.69) is 10.3 Å². The van der Waals surface area contributed by atoms with Gasteiger partial charge in [-0.3, -0.25) is 4.79 Å². The number of carbonyl (C=O) groups is 1. The summed E-state index contributed by atoms with van der Waals surface area (Å²) in [6.07, 6.45) is 1.92. The third-order valence-corrected chi connectivity index (χ3v) is 5.07. The van der Waals surface area contributed by atoms with E-state index in [0.29, 0.717) is 16.7 Å². The number of rotatable bonds is 4. The highest BCUT2D eigenvalue weighted by molar-refractivity contribution is 8.18. The fourth-order valence-corrected chi connectivity index (χ4v) is 3.79. The molecule has 1 aromatic heterocycles. The maximum Gasteiger partial charge on any atom is 0.264 e. The first-order valence-electron chi connectivity index (χ1n) is 7.22. The smallest absolute Gasteiger partial charge is 0.264 e. The van der Waals surface area contributed by atoms with Gasteiger partial charge in [-0.2, -0.15) is 0 Å². The first kappa shape index (κ1) is 15.8. The zero-order valence-corrected chi connectivity index (χ0v) is 14.5. The SMILES string of the molecule is CCOc1ccc(N=C2NC(=O)/C(=C/c3sccc3C)S2)cc1. The first-order valence-corrected chi connectivity index (χ1v) is 8.92. The van der Waals surface area contributed by atoms with Crippen molar-refractivity contribution in [1.29, 1.82) is 0 Å². The van der Waals surface area contributed by atoms with Crippen molar-refractivity contribution in [2.24, 2.45) is 4.99 Å². The molecule has 2 heterocycles. The van der Waals surface area contributed by atoms with Crippen molar-refractivity contribution in [2.45, 2.75) is 13.8 Å². The third kappa shape index (κ3) is 3.83. The lowest BCUT2D eigenvalue weighted by Crippen LogP contribution is -2.19. The molecular formula is C17H16N2O2S2. The number of amides is 1. The second kappa shape index (κ2) is 7.02. The van der Waals surface area contributed by atoms with Crippen LogP contribution in [0.1, 0.15) is 17.4 Å². The average molecular weight is 344 g/mol. The number of thioether (sulfide) groups is 1. The normalized spacial score (nSPS) is 17.7. The molecule has 4 nitrogen and oxygen atoms in total. The molecule has 1 saturated heterocycles. The zero-order chi connectivity index (χ0) is 16.2. The van der Waals surface area contributed by atoms with E-state index in [1.807, 2.05) is 55.6 Å². The second-order valence-electron chi connectivity index (χ2n) is 4.88. The number of thiophene rings is 1. The number of hydrogen-bond donors (Lipinski definition) is 1. The lowest BCUT2D eigenvalue weighted by atomic mass is 10.3. The molecule has 2 aromatic rings. The highest BCUT2D eigenvalue weighted by atomic mass is 32.2. The van der Waals surface area contributed by atoms with Gasteiger partial charge in [-0.1, -0.05) is 0 Å². The Morgan fingerprint density at radius 1 is 1.26 bits per heavy atom. The molecule has 1 amide bonds. The van der Waals surface area contributed by atoms with Gasteiger partial charge in [-0.05, 0) is 73.0 Å². The van der Waals surface area contributed by atoms with Crippen LogP contribution in [0.25, 0.3) is 6.08 Å². The highest BCUT2D eigenvalue weighted by Crippen LogP contribution is 2.30. The molecular weight excluding hydrogens is 328 g/mol. The number of benzene rings is 1. The minimum atomic E-state index is -0.104. The topological polar surface area (TPSA) is 50.7 Å². The summed E-state index contributed by atoms with van der Waals surface area (Å²) >= 11 is 2.99. The molecule has 1 aromatic carbocycles. The van der Waals surface area contributed by atoms with Gasteiger partial charge in [0.25, 0.3) is 5.91 Å². The van der Waals surface area contributed by atoms with Gasteiger partial charge in [0.15, 0.2) is 5.17 Å². The maximum absolute atomic E-state index is 12.1. The van der Waals surface area contributed by atoms with E-state index in [1.165, 1.54) is 17.3 Å². The highest BCUT2D eigenvalue weighted by Gasteiger charge is 2.24. The third-order valence-electron chi connectivity index (χ3n) is 3.19. The number of amidine groups is 1. The Kier molecular flexibility index (Phi) is 4.83. The molecule has 6 heteroatoms. The molecule has 1 aliphatic rings. The Bertz CT molecular complexity index is 776. The van der Waals surface area contributed by atoms with Gasteiger partial charge in [-0.15, -0.1) is 11.3 Å². The van der Waals surface area contributed by atoms with Crippen molar-refractivity contribution in [3.8, 4) is 5.75 Å². The van der Waals surface area contributed by atoms with E-state index in [1.54, 1.807) is 11.3 Å². The molecule has 0 spiro atoms. The molecule has 1 N–H and O–H groups in total. The molecule has 1 fully saturated rings. The number of aryl methyl sites for hydroxylation is 1. The zero-order valence-electron chi connectivity index (χ0n) is 12.8. The quantitative estimate of drug-likeness (QED) is 0.839. The molecule has 0 unspecified atom stereocenters. The summed E-state index contributed by atoms with van der Waals surface area (Å²) in [5, 5.41) is 5.42. The summed E-state index contributed by atoms with van der Waals surface area (Å²) in [7, 11) is 0. The average Bonchev–Trinajstić information content (AvgIpc) is 3.08. The second-order valence-corrected chi connectivity index (χ2v) is 6.85. The fourth-order valence-electron chi connectivity index (χ4n) is 2.03. The maximum atomic E-state index is 12.1. The van der Waals surface area contributed by atoms with Crippen LogP contribution in [0.2, 0.25) is 0 Å². The largest absolute Gasteiger partial charge is 0.494 e. The summed E-state index contributed by atoms with van der Waals surface area (Å²) in [4.78, 5) is 18.3. The molecule has 0 bridgehead atoms. The van der Waals surface area contributed by atoms with Gasteiger partial charge in [0, 0.05) is 4.88 Å². The Morgan fingerprint density at radius 2 is 2.04 bits per heavy atom. The molecule has 23 heavy (non-hydrogen) atoms. The molecule has 3 rings (SSSR count). The van der Waals surface area contributed by atoms with Crippen LogP contribution in [0.15, 0.2) is 45.6 Å². The van der Waals surface area contributed by atoms with Crippen LogP contribution in [-0.2, 0) is 4.79 Å². The monoisotopic (exact) mass is 344 g/mol. The lowest BCUT2D eigenvalue weighted by molar-refractivity contribution is -0.115. The standard InChI is InChI=1S/C17H16N2O2S2/c1-3-21-13-6-4-12(5-7-13)18-17-19-16(20)15(23-17)10-14-11(2)8-9-22-14/h4-10H,3H2,1-2H3,(H,18,19,20)/b15-10-. The van der Waals surface area contributed by atoms with E-state index in [-0.39, 0.29) is 5.91 Å². The number of nitrogens with one attached hydrogen (secondary N) is 1. The van der Waals surface area contributed by atoms with Gasteiger partial charge in [-0.25, -0.2) is 4.99 Å². The number of carbonyl (C=O) groups excluding carboxylic acids is 1. The van der Waals surface area contributed by atoms with Crippen molar-refractivity contribution < 1.29 is 9.53 Å². The van der Waals surface area contributed by atoms with Crippen LogP contribution >= 0.6 is 23.1 Å². The lowest BCUT2D eigenvalue weighted by Gasteiger charge is -2.02. The summed E-state index contributed by atoms with van der Waals surface area (Å²) in [6, 6.07) is 9.53. The van der Waals surface area contributed by atoms with Crippen molar-refractivity contribution >= 4 is 45.9 Å². The fraction of sp³-hybridized carbons (Fsp3) is 0.176. The predicted molar refractivity (Wildman–Crippen MR) is 97.5 cm³/mol. The van der Waals surface area contributed by atoms with Gasteiger partial charge in [0.05, 0.1) is 17.2 Å². The minimum Gasteiger partial charge on any atom is -0.494 e. The van der Waals surface area contributed by atoms with Gasteiger partial charge in [0.2, 0.25) is 0 Å². The molecule has 0 saturated carbocycles. The van der Waals surface area contributed by atoms with E-state index in [9.17, 15) is 4.79 Å². The van der Waals surface area contributed by atoms with Gasteiger partial charge in [0.1, 0.15) is 5.75 Å². The Labute approximate surface area is 143 Å². The molecule has 0 aliphatic carbocycles. The minimum absolute atomic E-state index is 0.104. The van der Waals surface area contributed by atoms with E-state index in [0.717, 1.165) is 16.3 Å². The van der Waals surface area contributed by atoms with Crippen LogP contribution in [0, 0.1) is 6.92 Å². The van der Waals surface area contributed by atoms with E-state index < -0.39 is 0 Å². The summed E-state index contributed by atoms with van der Waals surface area (Å²) < 4.78 is 5.40. The van der Waals surface area contributed by atoms with E-state index >= 15 is 0 Å². The number of aliphatic imine (C=N–C) groups is 1. The Balaban J connectivity index is 1.76. The Hall–Kier alpha value is -2.05. The first-order chi connectivity index (χ1) is 11.2. The molecule has 118 valence electrons. The molecule has 0 radical (unpaired) electrons. The van der Waals surface area contributed by atoms with Crippen molar-refractivity contribution in [3.63, 3.8) is 0 Å². The van der Waals surface area contributed by atoms with Gasteiger partial charge < -0.3 is 10.1 Å².